The average Bonchev–Trinajstić information content (AvgIpc) is 2.97. The van der Waals surface area contributed by atoms with Crippen molar-refractivity contribution in [2.45, 2.75) is 31.3 Å². The van der Waals surface area contributed by atoms with Crippen LogP contribution in [0.15, 0.2) is 42.6 Å². The number of alkyl halides is 3. The van der Waals surface area contributed by atoms with E-state index >= 15 is 0 Å². The van der Waals surface area contributed by atoms with Gasteiger partial charge in [0.25, 0.3) is 11.8 Å². The van der Waals surface area contributed by atoms with E-state index in [-0.39, 0.29) is 35.8 Å². The number of hydrogen-bond donors (Lipinski definition) is 1. The number of hydrogen-bond acceptors (Lipinski definition) is 5. The lowest BCUT2D eigenvalue weighted by atomic mass is 9.97. The van der Waals surface area contributed by atoms with E-state index in [1.807, 2.05) is 0 Å². The van der Waals surface area contributed by atoms with Gasteiger partial charge in [0.15, 0.2) is 0 Å². The number of aromatic nitrogens is 1. The summed E-state index contributed by atoms with van der Waals surface area (Å²) in [5.74, 6) is -1.34. The predicted octanol–water partition coefficient (Wildman–Crippen LogP) is 3.36. The molecule has 8 nitrogen and oxygen atoms in total. The molecule has 32 heavy (non-hydrogen) atoms. The number of imide groups is 1. The zero-order chi connectivity index (χ0) is 23.0. The summed E-state index contributed by atoms with van der Waals surface area (Å²) in [6, 6.07) is 5.72. The fourth-order valence-electron chi connectivity index (χ4n) is 3.78. The van der Waals surface area contributed by atoms with Crippen molar-refractivity contribution >= 4 is 35.1 Å². The number of anilines is 1. The number of benzene rings is 1. The molecule has 2 aliphatic rings. The van der Waals surface area contributed by atoms with Gasteiger partial charge in [0.2, 0.25) is 0 Å². The zero-order valence-corrected chi connectivity index (χ0v) is 17.1. The number of urea groups is 1. The smallest absolute Gasteiger partial charge is 0.406 e. The van der Waals surface area contributed by atoms with Crippen LogP contribution in [0.4, 0.5) is 23.7 Å². The Balaban J connectivity index is 1.44. The van der Waals surface area contributed by atoms with Crippen LogP contribution < -0.4 is 15.0 Å². The van der Waals surface area contributed by atoms with Crippen LogP contribution in [0.1, 0.15) is 23.2 Å². The number of rotatable bonds is 4. The highest BCUT2D eigenvalue weighted by Gasteiger charge is 2.48. The Labute approximate surface area is 184 Å². The third kappa shape index (κ3) is 4.47. The molecule has 3 heterocycles. The summed E-state index contributed by atoms with van der Waals surface area (Å²) in [6.07, 6.45) is -2.79. The van der Waals surface area contributed by atoms with Crippen LogP contribution in [0.3, 0.4) is 0 Å². The number of carbonyl (C=O) groups is 3. The molecule has 4 amide bonds. The van der Waals surface area contributed by atoms with Crippen LogP contribution in [0.5, 0.6) is 5.75 Å². The number of ether oxygens (including phenoxy) is 1. The van der Waals surface area contributed by atoms with E-state index in [1.165, 1.54) is 35.4 Å². The Morgan fingerprint density at radius 2 is 1.91 bits per heavy atom. The molecule has 0 bridgehead atoms. The van der Waals surface area contributed by atoms with Gasteiger partial charge < -0.3 is 15.0 Å². The number of amides is 4. The topological polar surface area (TPSA) is 91.8 Å². The molecular weight excluding hydrogens is 453 g/mol. The number of fused-ring (bicyclic) bond motifs is 1. The SMILES string of the molecule is O=C(N[C@H]1CCN2C(=O)N(c3ccc(OC(F)(F)F)cc3)C(=O)[C@H]2C1)c1ccnc(Cl)c1. The molecule has 0 unspecified atom stereocenters. The highest BCUT2D eigenvalue weighted by atomic mass is 35.5. The third-order valence-corrected chi connectivity index (χ3v) is 5.40. The molecule has 2 fully saturated rings. The lowest BCUT2D eigenvalue weighted by molar-refractivity contribution is -0.274. The standard InChI is InChI=1S/C20H16ClF3N4O4/c21-16-9-11(5-7-25-16)17(29)26-12-6-8-27-15(10-12)18(30)28(19(27)31)13-1-3-14(4-2-13)32-20(22,23)24/h1-5,7,9,12,15H,6,8,10H2,(H,26,29)/t12-,15+/m0/s1. The molecule has 2 saturated heterocycles. The fourth-order valence-corrected chi connectivity index (χ4v) is 3.95. The van der Waals surface area contributed by atoms with Crippen molar-refractivity contribution in [2.24, 2.45) is 0 Å². The van der Waals surface area contributed by atoms with Crippen LogP contribution in [0.2, 0.25) is 5.15 Å². The summed E-state index contributed by atoms with van der Waals surface area (Å²) < 4.78 is 40.8. The molecule has 168 valence electrons. The summed E-state index contributed by atoms with van der Waals surface area (Å²) in [5.41, 5.74) is 0.458. The highest BCUT2D eigenvalue weighted by Crippen LogP contribution is 2.32. The molecule has 1 N–H and O–H groups in total. The molecule has 0 spiro atoms. The van der Waals surface area contributed by atoms with Crippen molar-refractivity contribution in [1.29, 1.82) is 0 Å². The summed E-state index contributed by atoms with van der Waals surface area (Å²) in [7, 11) is 0. The first-order valence-electron chi connectivity index (χ1n) is 9.55. The molecule has 0 aliphatic carbocycles. The van der Waals surface area contributed by atoms with Crippen LogP contribution in [0.25, 0.3) is 0 Å². The van der Waals surface area contributed by atoms with Crippen LogP contribution in [-0.2, 0) is 4.79 Å². The van der Waals surface area contributed by atoms with Crippen molar-refractivity contribution < 1.29 is 32.3 Å². The minimum Gasteiger partial charge on any atom is -0.406 e. The average molecular weight is 469 g/mol. The third-order valence-electron chi connectivity index (χ3n) is 5.20. The molecule has 4 rings (SSSR count). The Morgan fingerprint density at radius 1 is 1.19 bits per heavy atom. The van der Waals surface area contributed by atoms with E-state index in [2.05, 4.69) is 15.0 Å². The Hall–Kier alpha value is -3.34. The molecular formula is C20H16ClF3N4O4. The van der Waals surface area contributed by atoms with Gasteiger partial charge in [-0.15, -0.1) is 13.2 Å². The number of halogens is 4. The molecule has 1 aromatic heterocycles. The predicted molar refractivity (Wildman–Crippen MR) is 106 cm³/mol. The van der Waals surface area contributed by atoms with Gasteiger partial charge in [-0.05, 0) is 49.2 Å². The number of nitrogens with zero attached hydrogens (tertiary/aromatic N) is 3. The van der Waals surface area contributed by atoms with Gasteiger partial charge in [0, 0.05) is 24.3 Å². The first-order valence-corrected chi connectivity index (χ1v) is 9.93. The minimum atomic E-state index is -4.84. The van der Waals surface area contributed by atoms with Crippen molar-refractivity contribution in [3.63, 3.8) is 0 Å². The molecule has 2 atom stereocenters. The fraction of sp³-hybridized carbons (Fsp3) is 0.300. The lowest BCUT2D eigenvalue weighted by Crippen LogP contribution is -2.49. The Bertz CT molecular complexity index is 1060. The second-order valence-electron chi connectivity index (χ2n) is 7.27. The van der Waals surface area contributed by atoms with Crippen molar-refractivity contribution in [3.8, 4) is 5.75 Å². The number of piperidine rings is 1. The maximum atomic E-state index is 12.9. The molecule has 2 aliphatic heterocycles. The minimum absolute atomic E-state index is 0.135. The number of nitrogens with one attached hydrogen (secondary N) is 1. The van der Waals surface area contributed by atoms with Gasteiger partial charge in [-0.3, -0.25) is 9.59 Å². The van der Waals surface area contributed by atoms with E-state index in [0.29, 0.717) is 12.0 Å². The van der Waals surface area contributed by atoms with E-state index in [1.54, 1.807) is 0 Å². The van der Waals surface area contributed by atoms with Crippen molar-refractivity contribution in [2.75, 3.05) is 11.4 Å². The van der Waals surface area contributed by atoms with Crippen LogP contribution in [-0.4, -0.2) is 52.7 Å². The first kappa shape index (κ1) is 21.9. The first-order chi connectivity index (χ1) is 15.1. The van der Waals surface area contributed by atoms with Gasteiger partial charge in [-0.25, -0.2) is 14.7 Å². The molecule has 2 aromatic rings. The second-order valence-corrected chi connectivity index (χ2v) is 7.66. The summed E-state index contributed by atoms with van der Waals surface area (Å²) in [4.78, 5) is 44.3. The van der Waals surface area contributed by atoms with Gasteiger partial charge in [-0.1, -0.05) is 11.6 Å². The maximum Gasteiger partial charge on any atom is 0.573 e. The maximum absolute atomic E-state index is 12.9. The zero-order valence-electron chi connectivity index (χ0n) is 16.3. The molecule has 0 radical (unpaired) electrons. The van der Waals surface area contributed by atoms with E-state index < -0.39 is 30.1 Å². The Morgan fingerprint density at radius 3 is 2.56 bits per heavy atom. The van der Waals surface area contributed by atoms with Gasteiger partial charge in [-0.2, -0.15) is 0 Å². The van der Waals surface area contributed by atoms with Gasteiger partial charge in [0.05, 0.1) is 5.69 Å². The van der Waals surface area contributed by atoms with Crippen LogP contribution in [0, 0.1) is 0 Å². The Kier molecular flexibility index (Phi) is 5.68. The summed E-state index contributed by atoms with van der Waals surface area (Å²) in [6.45, 7) is 0.239. The monoisotopic (exact) mass is 468 g/mol. The van der Waals surface area contributed by atoms with E-state index in [0.717, 1.165) is 17.0 Å². The van der Waals surface area contributed by atoms with Crippen LogP contribution >= 0.6 is 11.6 Å². The van der Waals surface area contributed by atoms with Gasteiger partial charge in [0.1, 0.15) is 16.9 Å². The highest BCUT2D eigenvalue weighted by molar-refractivity contribution is 6.29. The van der Waals surface area contributed by atoms with E-state index in [9.17, 15) is 27.6 Å². The molecule has 0 saturated carbocycles. The normalized spacial score (nSPS) is 20.9. The summed E-state index contributed by atoms with van der Waals surface area (Å²) >= 11 is 5.81. The van der Waals surface area contributed by atoms with Gasteiger partial charge >= 0.3 is 12.4 Å². The van der Waals surface area contributed by atoms with Crippen molar-refractivity contribution in [3.05, 3.63) is 53.3 Å². The summed E-state index contributed by atoms with van der Waals surface area (Å²) in [5, 5.41) is 3.01. The number of carbonyl (C=O) groups excluding carboxylic acids is 3. The number of pyridine rings is 1. The quantitative estimate of drug-likeness (QED) is 0.549. The second kappa shape index (κ2) is 8.30. The largest absolute Gasteiger partial charge is 0.573 e. The molecule has 1 aromatic carbocycles. The lowest BCUT2D eigenvalue weighted by Gasteiger charge is -2.32. The molecule has 12 heteroatoms. The van der Waals surface area contributed by atoms with E-state index in [4.69, 9.17) is 11.6 Å². The van der Waals surface area contributed by atoms with Crippen molar-refractivity contribution in [1.82, 2.24) is 15.2 Å².